The van der Waals surface area contributed by atoms with E-state index in [1.165, 1.54) is 12.1 Å². The fourth-order valence-corrected chi connectivity index (χ4v) is 3.80. The number of anilines is 1. The Morgan fingerprint density at radius 2 is 1.86 bits per heavy atom. The van der Waals surface area contributed by atoms with E-state index >= 15 is 0 Å². The second-order valence-corrected chi connectivity index (χ2v) is 7.37. The van der Waals surface area contributed by atoms with E-state index < -0.39 is 0 Å². The summed E-state index contributed by atoms with van der Waals surface area (Å²) >= 11 is 0. The molecule has 2 aromatic heterocycles. The predicted molar refractivity (Wildman–Crippen MR) is 110 cm³/mol. The van der Waals surface area contributed by atoms with Crippen LogP contribution in [0.2, 0.25) is 0 Å². The van der Waals surface area contributed by atoms with Crippen LogP contribution in [0.3, 0.4) is 0 Å². The summed E-state index contributed by atoms with van der Waals surface area (Å²) in [6.07, 6.45) is 3.58. The summed E-state index contributed by atoms with van der Waals surface area (Å²) in [6.45, 7) is 1.38. The Labute approximate surface area is 169 Å². The first kappa shape index (κ1) is 19.1. The second-order valence-electron chi connectivity index (χ2n) is 7.37. The Kier molecular flexibility index (Phi) is 5.29. The number of pyridine rings is 1. The summed E-state index contributed by atoms with van der Waals surface area (Å²) in [5.74, 6) is 0.639. The third-order valence-corrected chi connectivity index (χ3v) is 5.55. The van der Waals surface area contributed by atoms with E-state index in [1.807, 2.05) is 23.1 Å². The first-order valence-electron chi connectivity index (χ1n) is 9.76. The Morgan fingerprint density at radius 3 is 2.52 bits per heavy atom. The molecule has 0 unspecified atom stereocenters. The summed E-state index contributed by atoms with van der Waals surface area (Å²) in [5.41, 5.74) is 2.00. The molecule has 1 fully saturated rings. The topological polar surface area (TPSA) is 54.3 Å². The maximum absolute atomic E-state index is 13.2. The van der Waals surface area contributed by atoms with Crippen molar-refractivity contribution in [2.24, 2.45) is 7.05 Å². The number of hydrogen-bond acceptors (Lipinski definition) is 4. The van der Waals surface area contributed by atoms with Crippen molar-refractivity contribution < 1.29 is 9.18 Å². The molecule has 0 N–H and O–H groups in total. The van der Waals surface area contributed by atoms with Crippen molar-refractivity contribution in [3.8, 4) is 11.3 Å². The van der Waals surface area contributed by atoms with Gasteiger partial charge in [-0.1, -0.05) is 6.07 Å². The molecular weight excluding hydrogens is 369 g/mol. The maximum atomic E-state index is 13.2. The van der Waals surface area contributed by atoms with Crippen LogP contribution < -0.4 is 4.90 Å². The maximum Gasteiger partial charge on any atom is 0.272 e. The number of aryl methyl sites for hydroxylation is 1. The van der Waals surface area contributed by atoms with E-state index in [-0.39, 0.29) is 11.7 Å². The minimum Gasteiger partial charge on any atom is -0.357 e. The minimum absolute atomic E-state index is 0.0210. The highest BCUT2D eigenvalue weighted by atomic mass is 19.1. The van der Waals surface area contributed by atoms with Gasteiger partial charge in [-0.2, -0.15) is 5.10 Å². The normalized spacial score (nSPS) is 14.8. The lowest BCUT2D eigenvalue weighted by Gasteiger charge is -2.37. The van der Waals surface area contributed by atoms with Gasteiger partial charge in [0.1, 0.15) is 17.3 Å². The van der Waals surface area contributed by atoms with Gasteiger partial charge in [-0.15, -0.1) is 0 Å². The fraction of sp³-hybridized carbons (Fsp3) is 0.318. The zero-order valence-electron chi connectivity index (χ0n) is 16.6. The number of carbonyl (C=O) groups excluding carboxylic acids is 1. The van der Waals surface area contributed by atoms with Gasteiger partial charge in [0, 0.05) is 45.0 Å². The number of benzene rings is 1. The molecule has 0 aliphatic carbocycles. The number of likely N-dealkylation sites (tertiary alicyclic amines) is 1. The summed E-state index contributed by atoms with van der Waals surface area (Å²) in [4.78, 5) is 21.5. The largest absolute Gasteiger partial charge is 0.357 e. The average molecular weight is 393 g/mol. The average Bonchev–Trinajstić information content (AvgIpc) is 3.15. The molecule has 0 atom stereocenters. The van der Waals surface area contributed by atoms with Crippen LogP contribution in [0.1, 0.15) is 23.3 Å². The van der Waals surface area contributed by atoms with Crippen LogP contribution in [0.5, 0.6) is 0 Å². The molecule has 1 saturated heterocycles. The lowest BCUT2D eigenvalue weighted by Crippen LogP contribution is -2.46. The molecule has 3 heterocycles. The van der Waals surface area contributed by atoms with Crippen molar-refractivity contribution in [3.63, 3.8) is 0 Å². The monoisotopic (exact) mass is 393 g/mol. The molecule has 29 heavy (non-hydrogen) atoms. The Bertz CT molecular complexity index is 978. The van der Waals surface area contributed by atoms with Gasteiger partial charge < -0.3 is 9.80 Å². The van der Waals surface area contributed by atoms with Gasteiger partial charge in [0.25, 0.3) is 5.91 Å². The third kappa shape index (κ3) is 3.99. The van der Waals surface area contributed by atoms with Crippen LogP contribution in [0.15, 0.2) is 54.7 Å². The lowest BCUT2D eigenvalue weighted by atomic mass is 10.0. The second kappa shape index (κ2) is 8.03. The molecule has 4 rings (SSSR count). The SMILES string of the molecule is CN(c1ccccn1)C1CCN(C(=O)c2cc(-c3ccc(F)cc3)nn2C)CC1. The van der Waals surface area contributed by atoms with Gasteiger partial charge in [-0.25, -0.2) is 9.37 Å². The van der Waals surface area contributed by atoms with Gasteiger partial charge in [0.2, 0.25) is 0 Å². The van der Waals surface area contributed by atoms with E-state index in [0.717, 1.165) is 24.2 Å². The molecule has 0 saturated carbocycles. The van der Waals surface area contributed by atoms with Gasteiger partial charge in [0.15, 0.2) is 0 Å². The standard InChI is InChI=1S/C22H24FN5O/c1-26(21-5-3-4-12-24-21)18-10-13-28(14-11-18)22(29)20-15-19(25-27(20)2)16-6-8-17(23)9-7-16/h3-9,12,15,18H,10-11,13-14H2,1-2H3. The van der Waals surface area contributed by atoms with Crippen molar-refractivity contribution in [2.75, 3.05) is 25.0 Å². The van der Waals surface area contributed by atoms with E-state index in [4.69, 9.17) is 0 Å². The summed E-state index contributed by atoms with van der Waals surface area (Å²) in [7, 11) is 3.82. The molecule has 1 aliphatic rings. The van der Waals surface area contributed by atoms with Crippen molar-refractivity contribution >= 4 is 11.7 Å². The first-order valence-corrected chi connectivity index (χ1v) is 9.76. The van der Waals surface area contributed by atoms with Gasteiger partial charge in [0.05, 0.1) is 5.69 Å². The zero-order valence-corrected chi connectivity index (χ0v) is 16.6. The third-order valence-electron chi connectivity index (χ3n) is 5.55. The molecule has 0 bridgehead atoms. The summed E-state index contributed by atoms with van der Waals surface area (Å²) in [6, 6.07) is 14.2. The number of piperidine rings is 1. The minimum atomic E-state index is -0.292. The van der Waals surface area contributed by atoms with Gasteiger partial charge in [-0.3, -0.25) is 9.48 Å². The molecule has 0 spiro atoms. The number of halogens is 1. The molecule has 7 heteroatoms. The van der Waals surface area contributed by atoms with Gasteiger partial charge >= 0.3 is 0 Å². The van der Waals surface area contributed by atoms with Crippen LogP contribution in [0.25, 0.3) is 11.3 Å². The van der Waals surface area contributed by atoms with Crippen LogP contribution >= 0.6 is 0 Å². The van der Waals surface area contributed by atoms with Crippen LogP contribution in [0.4, 0.5) is 10.2 Å². The molecule has 1 amide bonds. The summed E-state index contributed by atoms with van der Waals surface area (Å²) in [5, 5.41) is 4.44. The Hall–Kier alpha value is -3.22. The smallest absolute Gasteiger partial charge is 0.272 e. The van der Waals surface area contributed by atoms with Crippen molar-refractivity contribution in [1.29, 1.82) is 0 Å². The summed E-state index contributed by atoms with van der Waals surface area (Å²) < 4.78 is 14.8. The number of rotatable bonds is 4. The van der Waals surface area contributed by atoms with Crippen LogP contribution in [0, 0.1) is 5.82 Å². The highest BCUT2D eigenvalue weighted by molar-refractivity contribution is 5.93. The molecule has 6 nitrogen and oxygen atoms in total. The zero-order chi connectivity index (χ0) is 20.4. The molecule has 150 valence electrons. The van der Waals surface area contributed by atoms with Crippen LogP contribution in [-0.4, -0.2) is 51.8 Å². The molecular formula is C22H24FN5O. The molecule has 1 aliphatic heterocycles. The quantitative estimate of drug-likeness (QED) is 0.682. The van der Waals surface area contributed by atoms with E-state index in [2.05, 4.69) is 22.0 Å². The van der Waals surface area contributed by atoms with Crippen molar-refractivity contribution in [3.05, 3.63) is 66.2 Å². The van der Waals surface area contributed by atoms with Gasteiger partial charge in [-0.05, 0) is 55.3 Å². The van der Waals surface area contributed by atoms with Crippen molar-refractivity contribution in [1.82, 2.24) is 19.7 Å². The number of amides is 1. The first-order chi connectivity index (χ1) is 14.0. The van der Waals surface area contributed by atoms with Crippen LogP contribution in [-0.2, 0) is 7.05 Å². The number of aromatic nitrogens is 3. The Morgan fingerprint density at radius 1 is 1.14 bits per heavy atom. The van der Waals surface area contributed by atoms with E-state index in [1.54, 1.807) is 36.1 Å². The lowest BCUT2D eigenvalue weighted by molar-refractivity contribution is 0.0702. The van der Waals surface area contributed by atoms with Crippen molar-refractivity contribution in [2.45, 2.75) is 18.9 Å². The number of hydrogen-bond donors (Lipinski definition) is 0. The number of nitrogens with zero attached hydrogens (tertiary/aromatic N) is 5. The molecule has 3 aromatic rings. The predicted octanol–water partition coefficient (Wildman–Crippen LogP) is 3.36. The van der Waals surface area contributed by atoms with E-state index in [9.17, 15) is 9.18 Å². The fourth-order valence-electron chi connectivity index (χ4n) is 3.80. The number of carbonyl (C=O) groups is 1. The van der Waals surface area contributed by atoms with E-state index in [0.29, 0.717) is 30.5 Å². The Balaban J connectivity index is 1.43. The highest BCUT2D eigenvalue weighted by Crippen LogP contribution is 2.23. The molecule has 1 aromatic carbocycles. The molecule has 0 radical (unpaired) electrons. The highest BCUT2D eigenvalue weighted by Gasteiger charge is 2.28.